The Labute approximate surface area is 98.7 Å². The zero-order valence-electron chi connectivity index (χ0n) is 8.37. The zero-order valence-corrected chi connectivity index (χ0v) is 9.13. The van der Waals surface area contributed by atoms with E-state index < -0.39 is 0 Å². The van der Waals surface area contributed by atoms with E-state index in [1.165, 1.54) is 6.07 Å². The van der Waals surface area contributed by atoms with Gasteiger partial charge in [0.15, 0.2) is 0 Å². The van der Waals surface area contributed by atoms with Crippen molar-refractivity contribution in [1.82, 2.24) is 0 Å². The summed E-state index contributed by atoms with van der Waals surface area (Å²) in [6, 6.07) is 11.8. The molecule has 0 saturated carbocycles. The summed E-state index contributed by atoms with van der Waals surface area (Å²) in [5, 5.41) is 0.581. The molecule has 0 aliphatic rings. The molecule has 0 aliphatic heterocycles. The van der Waals surface area contributed by atoms with Crippen molar-refractivity contribution in [2.45, 2.75) is 0 Å². The molecule has 0 saturated heterocycles. The molecule has 0 aliphatic carbocycles. The predicted molar refractivity (Wildman–Crippen MR) is 64.8 cm³/mol. The van der Waals surface area contributed by atoms with E-state index in [1.54, 1.807) is 36.4 Å². The predicted octanol–water partition coefficient (Wildman–Crippen LogP) is 4.13. The van der Waals surface area contributed by atoms with Crippen LogP contribution in [0.3, 0.4) is 0 Å². The second-order valence-corrected chi connectivity index (χ2v) is 3.79. The summed E-state index contributed by atoms with van der Waals surface area (Å²) in [7, 11) is 0. The summed E-state index contributed by atoms with van der Waals surface area (Å²) in [5.74, 6) is 2.06. The highest BCUT2D eigenvalue weighted by Gasteiger charge is 2.05. The lowest BCUT2D eigenvalue weighted by Gasteiger charge is -2.04. The van der Waals surface area contributed by atoms with Crippen LogP contribution in [0, 0.1) is 18.2 Å². The van der Waals surface area contributed by atoms with Crippen molar-refractivity contribution in [2.24, 2.45) is 0 Å². The number of hydrogen-bond acceptors (Lipinski definition) is 0. The zero-order chi connectivity index (χ0) is 11.5. The third kappa shape index (κ3) is 2.08. The van der Waals surface area contributed by atoms with Gasteiger partial charge in [0.05, 0.1) is 0 Å². The normalized spacial score (nSPS) is 9.81. The minimum atomic E-state index is -0.335. The molecule has 16 heavy (non-hydrogen) atoms. The Hall–Kier alpha value is -1.78. The van der Waals surface area contributed by atoms with Gasteiger partial charge in [-0.2, -0.15) is 0 Å². The molecule has 0 heterocycles. The molecule has 0 radical (unpaired) electrons. The van der Waals surface area contributed by atoms with E-state index in [0.717, 1.165) is 5.56 Å². The van der Waals surface area contributed by atoms with Crippen LogP contribution in [0.4, 0.5) is 4.39 Å². The monoisotopic (exact) mass is 230 g/mol. The number of hydrogen-bond donors (Lipinski definition) is 0. The fourth-order valence-electron chi connectivity index (χ4n) is 1.50. The molecule has 2 aromatic rings. The molecule has 2 aromatic carbocycles. The lowest BCUT2D eigenvalue weighted by atomic mass is 10.0. The molecule has 0 unspecified atom stereocenters. The van der Waals surface area contributed by atoms with Crippen molar-refractivity contribution in [3.63, 3.8) is 0 Å². The Morgan fingerprint density at radius 1 is 1.12 bits per heavy atom. The third-order valence-electron chi connectivity index (χ3n) is 2.27. The van der Waals surface area contributed by atoms with Crippen LogP contribution in [-0.4, -0.2) is 0 Å². The van der Waals surface area contributed by atoms with E-state index in [2.05, 4.69) is 5.92 Å². The lowest BCUT2D eigenvalue weighted by Crippen LogP contribution is -1.86. The molecule has 0 aromatic heterocycles. The van der Waals surface area contributed by atoms with Gasteiger partial charge in [-0.05, 0) is 29.8 Å². The minimum Gasteiger partial charge on any atom is -0.206 e. The van der Waals surface area contributed by atoms with Crippen LogP contribution < -0.4 is 0 Å². The Morgan fingerprint density at radius 3 is 2.56 bits per heavy atom. The van der Waals surface area contributed by atoms with E-state index in [1.807, 2.05) is 0 Å². The summed E-state index contributed by atoms with van der Waals surface area (Å²) in [4.78, 5) is 0. The highest BCUT2D eigenvalue weighted by Crippen LogP contribution is 2.25. The van der Waals surface area contributed by atoms with Crippen molar-refractivity contribution in [1.29, 1.82) is 0 Å². The minimum absolute atomic E-state index is 0.335. The first-order valence-corrected chi connectivity index (χ1v) is 5.10. The third-order valence-corrected chi connectivity index (χ3v) is 2.51. The van der Waals surface area contributed by atoms with E-state index >= 15 is 0 Å². The number of halogens is 2. The van der Waals surface area contributed by atoms with Gasteiger partial charge in [-0.3, -0.25) is 0 Å². The fourth-order valence-corrected chi connectivity index (χ4v) is 1.69. The second-order valence-electron chi connectivity index (χ2n) is 3.35. The molecule has 78 valence electrons. The molecule has 0 nitrogen and oxygen atoms in total. The van der Waals surface area contributed by atoms with E-state index in [-0.39, 0.29) is 5.82 Å². The molecule has 0 N–H and O–H groups in total. The van der Waals surface area contributed by atoms with Crippen LogP contribution in [0.2, 0.25) is 5.02 Å². The van der Waals surface area contributed by atoms with E-state index in [9.17, 15) is 4.39 Å². The van der Waals surface area contributed by atoms with Gasteiger partial charge in [-0.25, -0.2) is 4.39 Å². The van der Waals surface area contributed by atoms with Gasteiger partial charge >= 0.3 is 0 Å². The quantitative estimate of drug-likeness (QED) is 0.647. The fraction of sp³-hybridized carbons (Fsp3) is 0. The SMILES string of the molecule is C#Cc1ccc(-c2cccc(Cl)c2)c(F)c1. The smallest absolute Gasteiger partial charge is 0.132 e. The first kappa shape index (κ1) is 10.7. The molecule has 2 rings (SSSR count). The van der Waals surface area contributed by atoms with Crippen LogP contribution in [-0.2, 0) is 0 Å². The van der Waals surface area contributed by atoms with Crippen LogP contribution in [0.1, 0.15) is 5.56 Å². The van der Waals surface area contributed by atoms with Crippen LogP contribution in [0.15, 0.2) is 42.5 Å². The topological polar surface area (TPSA) is 0 Å². The molecule has 0 atom stereocenters. The van der Waals surface area contributed by atoms with Crippen molar-refractivity contribution in [3.05, 3.63) is 58.9 Å². The maximum Gasteiger partial charge on any atom is 0.132 e. The average molecular weight is 231 g/mol. The van der Waals surface area contributed by atoms with Gasteiger partial charge in [0.1, 0.15) is 5.82 Å². The van der Waals surface area contributed by atoms with Crippen LogP contribution in [0.5, 0.6) is 0 Å². The van der Waals surface area contributed by atoms with E-state index in [0.29, 0.717) is 16.1 Å². The summed E-state index contributed by atoms with van der Waals surface area (Å²) < 4.78 is 13.7. The highest BCUT2D eigenvalue weighted by atomic mass is 35.5. The summed E-state index contributed by atoms with van der Waals surface area (Å²) in [6.07, 6.45) is 5.19. The second kappa shape index (κ2) is 4.38. The van der Waals surface area contributed by atoms with Crippen molar-refractivity contribution >= 4 is 11.6 Å². The first-order chi connectivity index (χ1) is 7.70. The van der Waals surface area contributed by atoms with Gasteiger partial charge < -0.3 is 0 Å². The Bertz CT molecular complexity index is 567. The molecular weight excluding hydrogens is 223 g/mol. The van der Waals surface area contributed by atoms with Gasteiger partial charge in [0, 0.05) is 16.1 Å². The Kier molecular flexibility index (Phi) is 2.94. The number of rotatable bonds is 1. The van der Waals surface area contributed by atoms with Gasteiger partial charge in [0.25, 0.3) is 0 Å². The molecular formula is C14H8ClF. The molecule has 2 heteroatoms. The average Bonchev–Trinajstić information content (AvgIpc) is 2.28. The molecule has 0 spiro atoms. The van der Waals surface area contributed by atoms with Crippen LogP contribution >= 0.6 is 11.6 Å². The first-order valence-electron chi connectivity index (χ1n) is 4.73. The number of benzene rings is 2. The highest BCUT2D eigenvalue weighted by molar-refractivity contribution is 6.30. The van der Waals surface area contributed by atoms with Gasteiger partial charge in [-0.15, -0.1) is 6.42 Å². The standard InChI is InChI=1S/C14H8ClF/c1-2-10-6-7-13(14(16)8-10)11-4-3-5-12(15)9-11/h1,3-9H. The Balaban J connectivity index is 2.53. The van der Waals surface area contributed by atoms with Crippen LogP contribution in [0.25, 0.3) is 11.1 Å². The maximum absolute atomic E-state index is 13.7. The van der Waals surface area contributed by atoms with Crippen molar-refractivity contribution in [2.75, 3.05) is 0 Å². The molecule has 0 fully saturated rings. The van der Waals surface area contributed by atoms with Crippen molar-refractivity contribution < 1.29 is 4.39 Å². The maximum atomic E-state index is 13.7. The summed E-state index contributed by atoms with van der Waals surface area (Å²) in [5.41, 5.74) is 1.78. The largest absolute Gasteiger partial charge is 0.206 e. The molecule has 0 bridgehead atoms. The molecule has 0 amide bonds. The van der Waals surface area contributed by atoms with Crippen molar-refractivity contribution in [3.8, 4) is 23.5 Å². The Morgan fingerprint density at radius 2 is 1.94 bits per heavy atom. The van der Waals surface area contributed by atoms with Gasteiger partial charge in [-0.1, -0.05) is 35.7 Å². The summed E-state index contributed by atoms with van der Waals surface area (Å²) >= 11 is 5.85. The van der Waals surface area contributed by atoms with E-state index in [4.69, 9.17) is 18.0 Å². The summed E-state index contributed by atoms with van der Waals surface area (Å²) in [6.45, 7) is 0. The van der Waals surface area contributed by atoms with Gasteiger partial charge in [0.2, 0.25) is 0 Å². The number of terminal acetylenes is 1. The lowest BCUT2D eigenvalue weighted by molar-refractivity contribution is 0.631.